The zero-order chi connectivity index (χ0) is 8.49. The van der Waals surface area contributed by atoms with Crippen molar-refractivity contribution in [2.24, 2.45) is 0 Å². The third-order valence-corrected chi connectivity index (χ3v) is 2.32. The smallest absolute Gasteiger partial charge is 0.0351 e. The molecule has 0 amide bonds. The van der Waals surface area contributed by atoms with Crippen LogP contribution in [0.5, 0.6) is 0 Å². The van der Waals surface area contributed by atoms with E-state index in [0.717, 1.165) is 0 Å². The van der Waals surface area contributed by atoms with E-state index >= 15 is 0 Å². The highest BCUT2D eigenvalue weighted by Gasteiger charge is 1.87. The number of hydrogen-bond donors (Lipinski definition) is 0. The Labute approximate surface area is 89.6 Å². The molecule has 2 aliphatic rings. The molecule has 0 unspecified atom stereocenters. The molecule has 1 heteroatoms. The molecular formula is C12H22S. The van der Waals surface area contributed by atoms with Gasteiger partial charge in [-0.05, 0) is 51.4 Å². The molecule has 0 heterocycles. The van der Waals surface area contributed by atoms with Gasteiger partial charge in [0.05, 0.1) is 0 Å². The van der Waals surface area contributed by atoms with Crippen molar-refractivity contribution in [3.05, 3.63) is 24.3 Å². The molecule has 13 heavy (non-hydrogen) atoms. The first kappa shape index (κ1) is 12.8. The Morgan fingerprint density at radius 3 is 0.769 bits per heavy atom. The molecule has 0 spiro atoms. The maximum Gasteiger partial charge on any atom is -0.0351 e. The van der Waals surface area contributed by atoms with Gasteiger partial charge in [-0.15, -0.1) is 0 Å². The fourth-order valence-corrected chi connectivity index (χ4v) is 1.52. The largest absolute Gasteiger partial charge is 0.197 e. The highest BCUT2D eigenvalue weighted by Crippen LogP contribution is 2.07. The first-order chi connectivity index (χ1) is 6.00. The number of hydrogen-bond acceptors (Lipinski definition) is 0. The second-order valence-corrected chi connectivity index (χ2v) is 3.51. The van der Waals surface area contributed by atoms with Gasteiger partial charge in [0.15, 0.2) is 0 Å². The first-order valence-corrected chi connectivity index (χ1v) is 5.30. The topological polar surface area (TPSA) is 0 Å². The van der Waals surface area contributed by atoms with E-state index in [9.17, 15) is 0 Å². The lowest BCUT2D eigenvalue weighted by Gasteiger charge is -1.97. The Morgan fingerprint density at radius 2 is 0.692 bits per heavy atom. The molecule has 0 N–H and O–H groups in total. The Kier molecular flexibility index (Phi) is 9.78. The Hall–Kier alpha value is -0.170. The quantitative estimate of drug-likeness (QED) is 0.508. The molecule has 0 saturated carbocycles. The summed E-state index contributed by atoms with van der Waals surface area (Å²) in [4.78, 5) is 0. The van der Waals surface area contributed by atoms with Gasteiger partial charge >= 0.3 is 0 Å². The normalized spacial score (nSPS) is 19.7. The monoisotopic (exact) mass is 198 g/mol. The first-order valence-electron chi connectivity index (χ1n) is 5.30. The maximum absolute atomic E-state index is 2.27. The van der Waals surface area contributed by atoms with Crippen molar-refractivity contribution in [3.8, 4) is 0 Å². The van der Waals surface area contributed by atoms with E-state index in [1.807, 2.05) is 0 Å². The zero-order valence-corrected chi connectivity index (χ0v) is 9.47. The van der Waals surface area contributed by atoms with Gasteiger partial charge in [0.1, 0.15) is 0 Å². The van der Waals surface area contributed by atoms with Crippen LogP contribution in [0.15, 0.2) is 24.3 Å². The summed E-state index contributed by atoms with van der Waals surface area (Å²) >= 11 is 0. The Balaban J connectivity index is 0.000000206. The summed E-state index contributed by atoms with van der Waals surface area (Å²) in [6.07, 6.45) is 20.0. The van der Waals surface area contributed by atoms with Crippen LogP contribution in [-0.2, 0) is 0 Å². The molecular weight excluding hydrogens is 176 g/mol. The SMILES string of the molecule is C1=CCCCC1.C1=CCCCC1.S. The molecule has 0 fully saturated rings. The Bertz CT molecular complexity index is 113. The predicted molar refractivity (Wildman–Crippen MR) is 65.6 cm³/mol. The average molecular weight is 198 g/mol. The minimum atomic E-state index is 0. The fourth-order valence-electron chi connectivity index (χ4n) is 1.52. The highest BCUT2D eigenvalue weighted by atomic mass is 32.1. The van der Waals surface area contributed by atoms with E-state index in [1.165, 1.54) is 51.4 Å². The predicted octanol–water partition coefficient (Wildman–Crippen LogP) is 4.35. The van der Waals surface area contributed by atoms with Gasteiger partial charge in [-0.2, -0.15) is 13.5 Å². The van der Waals surface area contributed by atoms with Crippen LogP contribution < -0.4 is 0 Å². The molecule has 0 aromatic rings. The summed E-state index contributed by atoms with van der Waals surface area (Å²) in [6, 6.07) is 0. The summed E-state index contributed by atoms with van der Waals surface area (Å²) < 4.78 is 0. The van der Waals surface area contributed by atoms with E-state index in [-0.39, 0.29) is 13.5 Å². The van der Waals surface area contributed by atoms with Crippen molar-refractivity contribution in [2.75, 3.05) is 0 Å². The summed E-state index contributed by atoms with van der Waals surface area (Å²) in [7, 11) is 0. The molecule has 0 bridgehead atoms. The standard InChI is InChI=1S/2C6H10.H2S/c2*1-2-4-6-5-3-1;/h2*1-2H,3-6H2;1H2. The van der Waals surface area contributed by atoms with Crippen LogP contribution in [0.3, 0.4) is 0 Å². The molecule has 0 aromatic carbocycles. The summed E-state index contributed by atoms with van der Waals surface area (Å²) in [5, 5.41) is 0. The van der Waals surface area contributed by atoms with Crippen LogP contribution >= 0.6 is 13.5 Å². The second-order valence-electron chi connectivity index (χ2n) is 3.51. The minimum absolute atomic E-state index is 0. The van der Waals surface area contributed by atoms with Crippen LogP contribution in [0, 0.1) is 0 Å². The van der Waals surface area contributed by atoms with E-state index in [1.54, 1.807) is 0 Å². The van der Waals surface area contributed by atoms with Crippen LogP contribution in [0.2, 0.25) is 0 Å². The molecule has 0 atom stereocenters. The fraction of sp³-hybridized carbons (Fsp3) is 0.667. The van der Waals surface area contributed by atoms with Crippen LogP contribution in [0.4, 0.5) is 0 Å². The van der Waals surface area contributed by atoms with Gasteiger partial charge in [0.25, 0.3) is 0 Å². The maximum atomic E-state index is 2.27. The lowest BCUT2D eigenvalue weighted by molar-refractivity contribution is 0.730. The number of allylic oxidation sites excluding steroid dienone is 4. The van der Waals surface area contributed by atoms with Gasteiger partial charge in [0.2, 0.25) is 0 Å². The van der Waals surface area contributed by atoms with Crippen molar-refractivity contribution < 1.29 is 0 Å². The van der Waals surface area contributed by atoms with Gasteiger partial charge in [-0.3, -0.25) is 0 Å². The van der Waals surface area contributed by atoms with E-state index < -0.39 is 0 Å². The van der Waals surface area contributed by atoms with E-state index in [4.69, 9.17) is 0 Å². The van der Waals surface area contributed by atoms with E-state index in [2.05, 4.69) is 24.3 Å². The van der Waals surface area contributed by atoms with Crippen LogP contribution in [0.25, 0.3) is 0 Å². The Morgan fingerprint density at radius 1 is 0.462 bits per heavy atom. The van der Waals surface area contributed by atoms with Crippen molar-refractivity contribution in [1.82, 2.24) is 0 Å². The molecule has 2 rings (SSSR count). The van der Waals surface area contributed by atoms with Crippen LogP contribution in [-0.4, -0.2) is 0 Å². The van der Waals surface area contributed by atoms with Gasteiger partial charge in [0, 0.05) is 0 Å². The van der Waals surface area contributed by atoms with Gasteiger partial charge < -0.3 is 0 Å². The summed E-state index contributed by atoms with van der Waals surface area (Å²) in [6.45, 7) is 0. The van der Waals surface area contributed by atoms with Gasteiger partial charge in [-0.1, -0.05) is 24.3 Å². The third-order valence-electron chi connectivity index (χ3n) is 2.32. The molecule has 0 radical (unpaired) electrons. The lowest BCUT2D eigenvalue weighted by Crippen LogP contribution is -1.77. The molecule has 0 aromatic heterocycles. The molecule has 0 nitrogen and oxygen atoms in total. The van der Waals surface area contributed by atoms with Crippen molar-refractivity contribution >= 4 is 13.5 Å². The summed E-state index contributed by atoms with van der Waals surface area (Å²) in [5.74, 6) is 0. The van der Waals surface area contributed by atoms with Crippen LogP contribution in [0.1, 0.15) is 51.4 Å². The van der Waals surface area contributed by atoms with Crippen molar-refractivity contribution in [3.63, 3.8) is 0 Å². The number of rotatable bonds is 0. The molecule has 0 aliphatic heterocycles. The second kappa shape index (κ2) is 9.91. The summed E-state index contributed by atoms with van der Waals surface area (Å²) in [5.41, 5.74) is 0. The average Bonchev–Trinajstić information content (AvgIpc) is 2.24. The minimum Gasteiger partial charge on any atom is -0.197 e. The zero-order valence-electron chi connectivity index (χ0n) is 8.47. The van der Waals surface area contributed by atoms with E-state index in [0.29, 0.717) is 0 Å². The van der Waals surface area contributed by atoms with Gasteiger partial charge in [-0.25, -0.2) is 0 Å². The van der Waals surface area contributed by atoms with Crippen molar-refractivity contribution in [2.45, 2.75) is 51.4 Å². The molecule has 76 valence electrons. The lowest BCUT2D eigenvalue weighted by atomic mass is 10.1. The highest BCUT2D eigenvalue weighted by molar-refractivity contribution is 7.59. The molecule has 0 saturated heterocycles. The van der Waals surface area contributed by atoms with Crippen molar-refractivity contribution in [1.29, 1.82) is 0 Å². The third kappa shape index (κ3) is 8.17. The molecule has 2 aliphatic carbocycles.